The molecule has 5 heteroatoms. The number of aliphatic hydroxyl groups excluding tert-OH is 1. The topological polar surface area (TPSA) is 76.4 Å². The highest BCUT2D eigenvalue weighted by Crippen LogP contribution is 2.24. The fraction of sp³-hybridized carbons (Fsp3) is 0.750. The average Bonchev–Trinajstić information content (AvgIpc) is 2.90. The van der Waals surface area contributed by atoms with Crippen molar-refractivity contribution >= 4 is 5.91 Å². The molecule has 114 valence electrons. The number of carbonyl (C=O) groups excluding carboxylic acids is 1. The second kappa shape index (κ2) is 7.45. The summed E-state index contributed by atoms with van der Waals surface area (Å²) >= 11 is 0. The van der Waals surface area contributed by atoms with Crippen molar-refractivity contribution in [2.45, 2.75) is 69.7 Å². The van der Waals surface area contributed by atoms with Gasteiger partial charge in [-0.25, -0.2) is 0 Å². The maximum Gasteiger partial charge on any atom is 0.238 e. The highest BCUT2D eigenvalue weighted by molar-refractivity contribution is 5.80. The summed E-state index contributed by atoms with van der Waals surface area (Å²) in [7, 11) is 0. The van der Waals surface area contributed by atoms with Crippen LogP contribution in [0.15, 0.2) is 0 Å². The number of carbonyl (C=O) groups is 1. The zero-order chi connectivity index (χ0) is 15.2. The smallest absolute Gasteiger partial charge is 0.238 e. The van der Waals surface area contributed by atoms with Gasteiger partial charge < -0.3 is 15.3 Å². The molecule has 0 spiro atoms. The molecule has 2 atom stereocenters. The van der Waals surface area contributed by atoms with E-state index in [1.807, 2.05) is 0 Å². The minimum absolute atomic E-state index is 0.0436. The number of amides is 1. The maximum atomic E-state index is 12.4. The molecule has 2 N–H and O–H groups in total. The van der Waals surface area contributed by atoms with Crippen molar-refractivity contribution < 1.29 is 9.90 Å². The Morgan fingerprint density at radius 2 is 1.90 bits per heavy atom. The Kier molecular flexibility index (Phi) is 5.61. The summed E-state index contributed by atoms with van der Waals surface area (Å²) in [6.07, 6.45) is 4.67. The zero-order valence-electron chi connectivity index (χ0n) is 12.5. The van der Waals surface area contributed by atoms with E-state index in [9.17, 15) is 15.2 Å². The lowest BCUT2D eigenvalue weighted by atomic mass is 9.93. The zero-order valence-corrected chi connectivity index (χ0v) is 12.5. The molecule has 5 nitrogen and oxygen atoms in total. The number of rotatable bonds is 3. The molecule has 1 amide bonds. The molecule has 1 saturated carbocycles. The molecular formula is C16H23N3O2. The molecule has 1 saturated heterocycles. The van der Waals surface area contributed by atoms with E-state index in [0.29, 0.717) is 6.42 Å². The van der Waals surface area contributed by atoms with Gasteiger partial charge in [0.15, 0.2) is 0 Å². The standard InChI is InChI=1S/C16H23N3O2/c1-2-3-13-6-7-14(10-17)19(13)16(21)11-18-12-4-8-15(20)9-5-12/h12-15,18,20H,4-9,11H2,1H3/t12?,13-,14-,15?/m0/s1. The van der Waals surface area contributed by atoms with Crippen LogP contribution in [0.1, 0.15) is 45.4 Å². The predicted octanol–water partition coefficient (Wildman–Crippen LogP) is 0.786. The third-order valence-electron chi connectivity index (χ3n) is 4.37. The van der Waals surface area contributed by atoms with Gasteiger partial charge in [-0.1, -0.05) is 5.92 Å². The van der Waals surface area contributed by atoms with Crippen molar-refractivity contribution in [3.63, 3.8) is 0 Å². The molecule has 1 aliphatic carbocycles. The van der Waals surface area contributed by atoms with Crippen LogP contribution in [-0.4, -0.2) is 46.7 Å². The van der Waals surface area contributed by atoms with Crippen LogP contribution in [0.4, 0.5) is 0 Å². The number of hydrogen-bond acceptors (Lipinski definition) is 4. The molecule has 2 rings (SSSR count). The van der Waals surface area contributed by atoms with E-state index >= 15 is 0 Å². The van der Waals surface area contributed by atoms with Crippen LogP contribution in [0.5, 0.6) is 0 Å². The van der Waals surface area contributed by atoms with Crippen molar-refractivity contribution in [2.75, 3.05) is 6.54 Å². The Morgan fingerprint density at radius 1 is 1.24 bits per heavy atom. The minimum atomic E-state index is -0.349. The summed E-state index contributed by atoms with van der Waals surface area (Å²) < 4.78 is 0. The lowest BCUT2D eigenvalue weighted by Gasteiger charge is -2.28. The van der Waals surface area contributed by atoms with Crippen molar-refractivity contribution in [1.29, 1.82) is 5.26 Å². The normalized spacial score (nSPS) is 32.1. The van der Waals surface area contributed by atoms with E-state index < -0.39 is 0 Å². The molecule has 0 aromatic heterocycles. The van der Waals surface area contributed by atoms with E-state index in [2.05, 4.69) is 23.2 Å². The summed E-state index contributed by atoms with van der Waals surface area (Å²) in [6.45, 7) is 2.01. The average molecular weight is 289 g/mol. The van der Waals surface area contributed by atoms with Crippen LogP contribution in [-0.2, 0) is 4.79 Å². The number of nitrogens with one attached hydrogen (secondary N) is 1. The molecule has 0 bridgehead atoms. The van der Waals surface area contributed by atoms with Gasteiger partial charge in [0.2, 0.25) is 5.91 Å². The van der Waals surface area contributed by atoms with Gasteiger partial charge in [0.05, 0.1) is 24.8 Å². The van der Waals surface area contributed by atoms with Crippen LogP contribution in [0, 0.1) is 23.2 Å². The largest absolute Gasteiger partial charge is 0.393 e. The van der Waals surface area contributed by atoms with Gasteiger partial charge in [0, 0.05) is 6.04 Å². The molecule has 0 radical (unpaired) electrons. The van der Waals surface area contributed by atoms with Gasteiger partial charge in [-0.05, 0) is 45.4 Å². The third kappa shape index (κ3) is 3.97. The van der Waals surface area contributed by atoms with Crippen LogP contribution in [0.25, 0.3) is 0 Å². The van der Waals surface area contributed by atoms with Gasteiger partial charge in [-0.2, -0.15) is 5.26 Å². The second-order valence-corrected chi connectivity index (χ2v) is 5.82. The number of hydrogen-bond donors (Lipinski definition) is 2. The van der Waals surface area contributed by atoms with Crippen molar-refractivity contribution in [1.82, 2.24) is 10.2 Å². The fourth-order valence-corrected chi connectivity index (χ4v) is 3.20. The Balaban J connectivity index is 1.88. The molecule has 2 fully saturated rings. The maximum absolute atomic E-state index is 12.4. The SMILES string of the molecule is CC#C[C@H]1CC[C@@H](C#N)N1C(=O)CNC1CCC(O)CC1. The van der Waals surface area contributed by atoms with E-state index in [4.69, 9.17) is 0 Å². The second-order valence-electron chi connectivity index (χ2n) is 5.82. The number of nitrogens with zero attached hydrogens (tertiary/aromatic N) is 2. The monoisotopic (exact) mass is 289 g/mol. The fourth-order valence-electron chi connectivity index (χ4n) is 3.20. The first-order chi connectivity index (χ1) is 10.2. The lowest BCUT2D eigenvalue weighted by Crippen LogP contribution is -2.47. The number of aliphatic hydroxyl groups is 1. The van der Waals surface area contributed by atoms with E-state index in [1.165, 1.54) is 0 Å². The number of likely N-dealkylation sites (tertiary alicyclic amines) is 1. The molecular weight excluding hydrogens is 266 g/mol. The quantitative estimate of drug-likeness (QED) is 0.753. The van der Waals surface area contributed by atoms with Gasteiger partial charge in [0.25, 0.3) is 0 Å². The molecule has 2 aliphatic rings. The Morgan fingerprint density at radius 3 is 2.52 bits per heavy atom. The van der Waals surface area contributed by atoms with Crippen molar-refractivity contribution in [2.24, 2.45) is 0 Å². The van der Waals surface area contributed by atoms with Gasteiger partial charge in [0.1, 0.15) is 6.04 Å². The summed E-state index contributed by atoms with van der Waals surface area (Å²) in [5.74, 6) is 5.83. The highest BCUT2D eigenvalue weighted by Gasteiger charge is 2.36. The Labute approximate surface area is 126 Å². The van der Waals surface area contributed by atoms with E-state index in [-0.39, 0.29) is 36.7 Å². The summed E-state index contributed by atoms with van der Waals surface area (Å²) in [4.78, 5) is 14.0. The first-order valence-electron chi connectivity index (χ1n) is 7.70. The van der Waals surface area contributed by atoms with E-state index in [1.54, 1.807) is 11.8 Å². The molecule has 0 aromatic rings. The molecule has 1 aliphatic heterocycles. The van der Waals surface area contributed by atoms with Crippen LogP contribution < -0.4 is 5.32 Å². The summed E-state index contributed by atoms with van der Waals surface area (Å²) in [5, 5.41) is 21.9. The molecule has 21 heavy (non-hydrogen) atoms. The lowest BCUT2D eigenvalue weighted by molar-refractivity contribution is -0.131. The van der Waals surface area contributed by atoms with E-state index in [0.717, 1.165) is 32.1 Å². The molecule has 0 unspecified atom stereocenters. The van der Waals surface area contributed by atoms with Crippen LogP contribution in [0.3, 0.4) is 0 Å². The summed E-state index contributed by atoms with van der Waals surface area (Å²) in [6, 6.07) is 2.02. The third-order valence-corrected chi connectivity index (χ3v) is 4.37. The predicted molar refractivity (Wildman–Crippen MR) is 79.0 cm³/mol. The molecule has 0 aromatic carbocycles. The van der Waals surface area contributed by atoms with Gasteiger partial charge in [-0.3, -0.25) is 4.79 Å². The van der Waals surface area contributed by atoms with Crippen LogP contribution >= 0.6 is 0 Å². The molecule has 1 heterocycles. The van der Waals surface area contributed by atoms with Crippen molar-refractivity contribution in [3.8, 4) is 17.9 Å². The Hall–Kier alpha value is -1.56. The van der Waals surface area contributed by atoms with Crippen LogP contribution in [0.2, 0.25) is 0 Å². The summed E-state index contributed by atoms with van der Waals surface area (Å²) in [5.41, 5.74) is 0. The number of nitriles is 1. The minimum Gasteiger partial charge on any atom is -0.393 e. The first-order valence-corrected chi connectivity index (χ1v) is 7.70. The first kappa shape index (κ1) is 15.8. The Bertz CT molecular complexity index is 466. The van der Waals surface area contributed by atoms with Crippen molar-refractivity contribution in [3.05, 3.63) is 0 Å². The van der Waals surface area contributed by atoms with Gasteiger partial charge in [-0.15, -0.1) is 5.92 Å². The van der Waals surface area contributed by atoms with Gasteiger partial charge >= 0.3 is 0 Å². The highest BCUT2D eigenvalue weighted by atomic mass is 16.3.